The zero-order valence-corrected chi connectivity index (χ0v) is 22.4. The van der Waals surface area contributed by atoms with E-state index in [1.54, 1.807) is 0 Å². The van der Waals surface area contributed by atoms with Gasteiger partial charge in [-0.05, 0) is 42.5 Å². The van der Waals surface area contributed by atoms with Crippen molar-refractivity contribution in [1.82, 2.24) is 16.0 Å². The number of aliphatic hydroxyl groups excluding tert-OH is 1. The summed E-state index contributed by atoms with van der Waals surface area (Å²) in [5.41, 5.74) is 18.2. The number of benzene rings is 2. The molecule has 2 aromatic rings. The lowest BCUT2D eigenvalue weighted by Crippen LogP contribution is -2.58. The molecule has 0 heterocycles. The number of phenols is 1. The molecule has 14 nitrogen and oxygen atoms in total. The highest BCUT2D eigenvalue weighted by molar-refractivity contribution is 5.94. The molecule has 41 heavy (non-hydrogen) atoms. The average Bonchev–Trinajstić information content (AvgIpc) is 2.93. The first-order valence-corrected chi connectivity index (χ1v) is 12.9. The smallest absolute Gasteiger partial charge is 0.328 e. The molecule has 0 spiro atoms. The number of guanidine groups is 1. The molecular formula is C27H37N7O7. The molecule has 2 rings (SSSR count). The Morgan fingerprint density at radius 2 is 1.34 bits per heavy atom. The summed E-state index contributed by atoms with van der Waals surface area (Å²) in [6.45, 7) is -0.698. The quantitative estimate of drug-likeness (QED) is 0.0613. The Morgan fingerprint density at radius 3 is 1.93 bits per heavy atom. The molecule has 14 heteroatoms. The van der Waals surface area contributed by atoms with E-state index >= 15 is 0 Å². The van der Waals surface area contributed by atoms with Crippen LogP contribution in [0.4, 0.5) is 0 Å². The number of carbonyl (C=O) groups is 4. The van der Waals surface area contributed by atoms with Crippen LogP contribution in [0.15, 0.2) is 59.6 Å². The number of nitrogens with one attached hydrogen (secondary N) is 3. The van der Waals surface area contributed by atoms with Crippen LogP contribution in [0.1, 0.15) is 24.0 Å². The number of carboxylic acids is 1. The summed E-state index contributed by atoms with van der Waals surface area (Å²) in [6, 6.07) is 9.91. The molecule has 0 fully saturated rings. The second-order valence-corrected chi connectivity index (χ2v) is 9.32. The summed E-state index contributed by atoms with van der Waals surface area (Å²) in [4.78, 5) is 54.6. The van der Waals surface area contributed by atoms with E-state index in [1.165, 1.54) is 24.3 Å². The van der Waals surface area contributed by atoms with Gasteiger partial charge in [-0.2, -0.15) is 0 Å². The first-order valence-electron chi connectivity index (χ1n) is 12.9. The molecule has 0 saturated carbocycles. The Hall–Kier alpha value is -4.69. The largest absolute Gasteiger partial charge is 0.508 e. The molecule has 2 aromatic carbocycles. The van der Waals surface area contributed by atoms with Crippen LogP contribution < -0.4 is 33.2 Å². The van der Waals surface area contributed by atoms with Crippen LogP contribution in [0.2, 0.25) is 0 Å². The van der Waals surface area contributed by atoms with Gasteiger partial charge in [-0.1, -0.05) is 42.5 Å². The molecule has 0 bridgehead atoms. The number of nitrogens with two attached hydrogens (primary N) is 3. The average molecular weight is 572 g/mol. The number of aliphatic imine (C=N–C) groups is 1. The highest BCUT2D eigenvalue weighted by atomic mass is 16.4. The van der Waals surface area contributed by atoms with Gasteiger partial charge in [0.2, 0.25) is 17.7 Å². The van der Waals surface area contributed by atoms with E-state index in [2.05, 4.69) is 20.9 Å². The van der Waals surface area contributed by atoms with Crippen LogP contribution in [0, 0.1) is 0 Å². The second kappa shape index (κ2) is 16.4. The Morgan fingerprint density at radius 1 is 0.780 bits per heavy atom. The third-order valence-electron chi connectivity index (χ3n) is 6.02. The molecule has 4 unspecified atom stereocenters. The van der Waals surface area contributed by atoms with Crippen molar-refractivity contribution >= 4 is 29.7 Å². The highest BCUT2D eigenvalue weighted by Gasteiger charge is 2.30. The molecule has 4 atom stereocenters. The predicted molar refractivity (Wildman–Crippen MR) is 150 cm³/mol. The van der Waals surface area contributed by atoms with Crippen LogP contribution in [-0.4, -0.2) is 82.3 Å². The van der Waals surface area contributed by atoms with Gasteiger partial charge in [0, 0.05) is 13.0 Å². The summed E-state index contributed by atoms with van der Waals surface area (Å²) in [6.07, 6.45) is 0.523. The van der Waals surface area contributed by atoms with E-state index in [0.717, 1.165) is 5.56 Å². The summed E-state index contributed by atoms with van der Waals surface area (Å²) in [5, 5.41) is 35.5. The van der Waals surface area contributed by atoms with Gasteiger partial charge >= 0.3 is 5.97 Å². The number of hydrogen-bond donors (Lipinski definition) is 9. The van der Waals surface area contributed by atoms with Crippen LogP contribution >= 0.6 is 0 Å². The lowest BCUT2D eigenvalue weighted by Gasteiger charge is -2.25. The van der Waals surface area contributed by atoms with E-state index < -0.39 is 54.5 Å². The molecule has 0 aliphatic rings. The van der Waals surface area contributed by atoms with E-state index in [9.17, 15) is 34.5 Å². The number of amides is 3. The lowest BCUT2D eigenvalue weighted by atomic mass is 10.0. The first-order chi connectivity index (χ1) is 19.5. The number of aromatic hydroxyl groups is 1. The van der Waals surface area contributed by atoms with E-state index in [0.29, 0.717) is 12.0 Å². The number of carboxylic acid groups (broad SMARTS) is 1. The molecule has 0 aliphatic heterocycles. The van der Waals surface area contributed by atoms with Crippen LogP contribution in [-0.2, 0) is 32.0 Å². The van der Waals surface area contributed by atoms with Crippen molar-refractivity contribution in [2.75, 3.05) is 13.2 Å². The maximum atomic E-state index is 13.4. The number of nitrogens with zero attached hydrogens (tertiary/aromatic N) is 1. The van der Waals surface area contributed by atoms with Gasteiger partial charge in [0.05, 0.1) is 12.6 Å². The highest BCUT2D eigenvalue weighted by Crippen LogP contribution is 2.12. The fraction of sp³-hybridized carbons (Fsp3) is 0.370. The molecule has 12 N–H and O–H groups in total. The number of aliphatic hydroxyl groups is 1. The monoisotopic (exact) mass is 571 g/mol. The van der Waals surface area contributed by atoms with Crippen molar-refractivity contribution in [3.63, 3.8) is 0 Å². The van der Waals surface area contributed by atoms with Gasteiger partial charge in [0.25, 0.3) is 0 Å². The SMILES string of the molecule is NC(N)=NCCCC(NC(=O)C(N)Cc1ccccc1)C(=O)NC(Cc1ccc(O)cc1)C(=O)NC(CO)C(=O)O. The standard InChI is InChI=1S/C27H37N7O7/c28-19(13-16-5-2-1-3-6-16)23(37)32-20(7-4-12-31-27(29)30)24(38)33-21(14-17-8-10-18(36)11-9-17)25(39)34-22(15-35)26(40)41/h1-3,5-6,8-11,19-22,35-36H,4,7,12-15,28H2,(H,32,37)(H,33,38)(H,34,39)(H,40,41)(H4,29,30,31). The van der Waals surface area contributed by atoms with Gasteiger partial charge in [0.1, 0.15) is 23.9 Å². The normalized spacial score (nSPS) is 13.6. The summed E-state index contributed by atoms with van der Waals surface area (Å²) in [7, 11) is 0. The lowest BCUT2D eigenvalue weighted by molar-refractivity contribution is -0.143. The zero-order chi connectivity index (χ0) is 30.4. The molecule has 0 saturated heterocycles. The second-order valence-electron chi connectivity index (χ2n) is 9.32. The number of phenolic OH excluding ortho intramolecular Hbond substituents is 1. The molecule has 0 aliphatic carbocycles. The number of carbonyl (C=O) groups excluding carboxylic acids is 3. The first kappa shape index (κ1) is 32.5. The molecule has 222 valence electrons. The Labute approximate surface area is 237 Å². The predicted octanol–water partition coefficient (Wildman–Crippen LogP) is -1.91. The topological polar surface area (TPSA) is 255 Å². The third-order valence-corrected chi connectivity index (χ3v) is 6.02. The van der Waals surface area contributed by atoms with Gasteiger partial charge < -0.3 is 48.5 Å². The van der Waals surface area contributed by atoms with Crippen molar-refractivity contribution in [1.29, 1.82) is 0 Å². The third kappa shape index (κ3) is 11.5. The van der Waals surface area contributed by atoms with E-state index in [-0.39, 0.29) is 37.5 Å². The zero-order valence-electron chi connectivity index (χ0n) is 22.4. The summed E-state index contributed by atoms with van der Waals surface area (Å²) >= 11 is 0. The van der Waals surface area contributed by atoms with Crippen molar-refractivity contribution < 1.29 is 34.5 Å². The minimum atomic E-state index is -1.60. The summed E-state index contributed by atoms with van der Waals surface area (Å²) < 4.78 is 0. The maximum absolute atomic E-state index is 13.4. The molecule has 0 aromatic heterocycles. The van der Waals surface area contributed by atoms with Gasteiger partial charge in [0.15, 0.2) is 5.96 Å². The molecule has 3 amide bonds. The number of aliphatic carboxylic acids is 1. The Bertz CT molecular complexity index is 1190. The fourth-order valence-electron chi connectivity index (χ4n) is 3.82. The van der Waals surface area contributed by atoms with E-state index in [1.807, 2.05) is 30.3 Å². The summed E-state index contributed by atoms with van der Waals surface area (Å²) in [5.74, 6) is -3.82. The van der Waals surface area contributed by atoms with Crippen molar-refractivity contribution in [3.05, 3.63) is 65.7 Å². The van der Waals surface area contributed by atoms with Crippen molar-refractivity contribution in [3.8, 4) is 5.75 Å². The fourth-order valence-corrected chi connectivity index (χ4v) is 3.82. The number of hydrogen-bond acceptors (Lipinski definition) is 8. The number of rotatable bonds is 16. The molecule has 0 radical (unpaired) electrons. The van der Waals surface area contributed by atoms with Crippen molar-refractivity contribution in [2.45, 2.75) is 49.9 Å². The van der Waals surface area contributed by atoms with Gasteiger partial charge in [-0.3, -0.25) is 19.4 Å². The van der Waals surface area contributed by atoms with Gasteiger partial charge in [-0.25, -0.2) is 4.79 Å². The van der Waals surface area contributed by atoms with Crippen LogP contribution in [0.3, 0.4) is 0 Å². The minimum Gasteiger partial charge on any atom is -0.508 e. The Balaban J connectivity index is 2.23. The van der Waals surface area contributed by atoms with Gasteiger partial charge in [-0.15, -0.1) is 0 Å². The van der Waals surface area contributed by atoms with E-state index in [4.69, 9.17) is 17.2 Å². The van der Waals surface area contributed by atoms with Crippen molar-refractivity contribution in [2.24, 2.45) is 22.2 Å². The Kier molecular flexibility index (Phi) is 13.0. The maximum Gasteiger partial charge on any atom is 0.328 e. The van der Waals surface area contributed by atoms with Crippen LogP contribution in [0.5, 0.6) is 5.75 Å². The van der Waals surface area contributed by atoms with Crippen LogP contribution in [0.25, 0.3) is 0 Å². The molecular weight excluding hydrogens is 534 g/mol. The minimum absolute atomic E-state index is 0.0135.